The summed E-state index contributed by atoms with van der Waals surface area (Å²) in [6.45, 7) is 3.96. The lowest BCUT2D eigenvalue weighted by Gasteiger charge is -2.09. The predicted octanol–water partition coefficient (Wildman–Crippen LogP) is 4.60. The molecule has 3 aromatic carbocycles. The zero-order valence-electron chi connectivity index (χ0n) is 13.9. The van der Waals surface area contributed by atoms with E-state index in [1.165, 1.54) is 12.1 Å². The van der Waals surface area contributed by atoms with Gasteiger partial charge in [-0.05, 0) is 35.0 Å². The quantitative estimate of drug-likeness (QED) is 0.388. The minimum atomic E-state index is -0.516. The highest BCUT2D eigenvalue weighted by atomic mass is 16.6. The van der Waals surface area contributed by atoms with Crippen LogP contribution in [0.3, 0.4) is 0 Å². The molecule has 0 aliphatic heterocycles. The molecule has 6 heteroatoms. The second-order valence-corrected chi connectivity index (χ2v) is 5.67. The molecular weight excluding hydrogens is 330 g/mol. The number of amides is 1. The average Bonchev–Trinajstić information content (AvgIpc) is 2.66. The SMILES string of the molecule is C=CCNc1ccc(C(=O)Nc2ccc3ccccc3c2)cc1[N+](=O)[O-]. The zero-order valence-corrected chi connectivity index (χ0v) is 13.9. The van der Waals surface area contributed by atoms with E-state index < -0.39 is 10.8 Å². The maximum Gasteiger partial charge on any atom is 0.293 e. The van der Waals surface area contributed by atoms with Crippen molar-refractivity contribution >= 4 is 33.7 Å². The van der Waals surface area contributed by atoms with Crippen LogP contribution in [0.15, 0.2) is 73.3 Å². The van der Waals surface area contributed by atoms with Gasteiger partial charge < -0.3 is 10.6 Å². The van der Waals surface area contributed by atoms with Crippen molar-refractivity contribution in [3.05, 3.63) is 89.0 Å². The monoisotopic (exact) mass is 347 g/mol. The van der Waals surface area contributed by atoms with Gasteiger partial charge in [0.1, 0.15) is 5.69 Å². The fourth-order valence-electron chi connectivity index (χ4n) is 2.63. The third-order valence-corrected chi connectivity index (χ3v) is 3.90. The van der Waals surface area contributed by atoms with E-state index in [1.54, 1.807) is 18.2 Å². The Bertz CT molecular complexity index is 999. The fraction of sp³-hybridized carbons (Fsp3) is 0.0500. The second-order valence-electron chi connectivity index (χ2n) is 5.67. The van der Waals surface area contributed by atoms with Gasteiger partial charge in [0.2, 0.25) is 0 Å². The second kappa shape index (κ2) is 7.48. The van der Waals surface area contributed by atoms with E-state index in [4.69, 9.17) is 0 Å². The van der Waals surface area contributed by atoms with E-state index in [-0.39, 0.29) is 11.3 Å². The van der Waals surface area contributed by atoms with Crippen molar-refractivity contribution in [2.75, 3.05) is 17.2 Å². The summed E-state index contributed by atoms with van der Waals surface area (Å²) >= 11 is 0. The van der Waals surface area contributed by atoms with E-state index in [2.05, 4.69) is 17.2 Å². The molecule has 0 unspecified atom stereocenters. The molecule has 0 atom stereocenters. The molecule has 0 bridgehead atoms. The first-order chi connectivity index (χ1) is 12.6. The highest BCUT2D eigenvalue weighted by molar-refractivity contribution is 6.06. The zero-order chi connectivity index (χ0) is 18.5. The molecule has 0 aromatic heterocycles. The largest absolute Gasteiger partial charge is 0.376 e. The summed E-state index contributed by atoms with van der Waals surface area (Å²) in [5.74, 6) is -0.404. The molecule has 6 nitrogen and oxygen atoms in total. The van der Waals surface area contributed by atoms with Crippen LogP contribution in [0, 0.1) is 10.1 Å². The van der Waals surface area contributed by atoms with Gasteiger partial charge in [-0.1, -0.05) is 36.4 Å². The lowest BCUT2D eigenvalue weighted by molar-refractivity contribution is -0.384. The van der Waals surface area contributed by atoms with Crippen molar-refractivity contribution in [3.8, 4) is 0 Å². The van der Waals surface area contributed by atoms with Crippen LogP contribution in [0.4, 0.5) is 17.1 Å². The molecule has 130 valence electrons. The van der Waals surface area contributed by atoms with Crippen molar-refractivity contribution in [1.29, 1.82) is 0 Å². The molecule has 2 N–H and O–H groups in total. The molecule has 26 heavy (non-hydrogen) atoms. The summed E-state index contributed by atoms with van der Waals surface area (Å²) in [5, 5.41) is 19.0. The molecular formula is C20H17N3O3. The van der Waals surface area contributed by atoms with Gasteiger partial charge in [0, 0.05) is 23.9 Å². The number of nitrogens with one attached hydrogen (secondary N) is 2. The normalized spacial score (nSPS) is 10.3. The molecule has 0 heterocycles. The molecule has 0 aliphatic rings. The first kappa shape index (κ1) is 17.2. The van der Waals surface area contributed by atoms with Gasteiger partial charge in [-0.3, -0.25) is 14.9 Å². The lowest BCUT2D eigenvalue weighted by atomic mass is 10.1. The van der Waals surface area contributed by atoms with Crippen LogP contribution < -0.4 is 10.6 Å². The summed E-state index contributed by atoms with van der Waals surface area (Å²) < 4.78 is 0. The minimum Gasteiger partial charge on any atom is -0.376 e. The fourth-order valence-corrected chi connectivity index (χ4v) is 2.63. The maximum absolute atomic E-state index is 12.5. The number of nitro benzene ring substituents is 1. The molecule has 3 aromatic rings. The number of nitro groups is 1. The van der Waals surface area contributed by atoms with Gasteiger partial charge in [-0.25, -0.2) is 0 Å². The smallest absolute Gasteiger partial charge is 0.293 e. The lowest BCUT2D eigenvalue weighted by Crippen LogP contribution is -2.12. The van der Waals surface area contributed by atoms with Crippen LogP contribution >= 0.6 is 0 Å². The molecule has 0 spiro atoms. The number of benzene rings is 3. The van der Waals surface area contributed by atoms with Crippen LogP contribution in [0.25, 0.3) is 10.8 Å². The summed E-state index contributed by atoms with van der Waals surface area (Å²) in [4.78, 5) is 23.2. The number of carbonyl (C=O) groups is 1. The molecule has 0 aliphatic carbocycles. The summed E-state index contributed by atoms with van der Waals surface area (Å²) in [5.41, 5.74) is 1.04. The van der Waals surface area contributed by atoms with Gasteiger partial charge in [0.25, 0.3) is 11.6 Å². The van der Waals surface area contributed by atoms with Gasteiger partial charge in [-0.2, -0.15) is 0 Å². The van der Waals surface area contributed by atoms with E-state index in [0.29, 0.717) is 17.9 Å². The topological polar surface area (TPSA) is 84.3 Å². The standard InChI is InChI=1S/C20H17N3O3/c1-2-11-21-18-10-8-16(13-19(18)23(25)26)20(24)22-17-9-7-14-5-3-4-6-15(14)12-17/h2-10,12-13,21H,1,11H2,(H,22,24). The third-order valence-electron chi connectivity index (χ3n) is 3.90. The van der Waals surface area contributed by atoms with Crippen LogP contribution in [0.5, 0.6) is 0 Å². The van der Waals surface area contributed by atoms with Crippen LogP contribution in [-0.4, -0.2) is 17.4 Å². The Labute approximate surface area is 150 Å². The van der Waals surface area contributed by atoms with Crippen molar-refractivity contribution < 1.29 is 9.72 Å². The maximum atomic E-state index is 12.5. The Morgan fingerprint density at radius 3 is 2.58 bits per heavy atom. The number of rotatable bonds is 6. The van der Waals surface area contributed by atoms with Crippen molar-refractivity contribution in [1.82, 2.24) is 0 Å². The Balaban J connectivity index is 1.85. The number of carbonyl (C=O) groups excluding carboxylic acids is 1. The summed E-state index contributed by atoms with van der Waals surface area (Å²) in [6.07, 6.45) is 1.60. The average molecular weight is 347 g/mol. The van der Waals surface area contributed by atoms with E-state index >= 15 is 0 Å². The Morgan fingerprint density at radius 2 is 1.85 bits per heavy atom. The summed E-state index contributed by atoms with van der Waals surface area (Å²) in [7, 11) is 0. The molecule has 0 saturated carbocycles. The van der Waals surface area contributed by atoms with Gasteiger partial charge in [0.15, 0.2) is 0 Å². The Kier molecular flexibility index (Phi) is 4.94. The van der Waals surface area contributed by atoms with Gasteiger partial charge >= 0.3 is 0 Å². The van der Waals surface area contributed by atoms with E-state index in [9.17, 15) is 14.9 Å². The number of fused-ring (bicyclic) bond motifs is 1. The molecule has 3 rings (SSSR count). The minimum absolute atomic E-state index is 0.155. The van der Waals surface area contributed by atoms with Crippen molar-refractivity contribution in [2.45, 2.75) is 0 Å². The van der Waals surface area contributed by atoms with Crippen LogP contribution in [0.2, 0.25) is 0 Å². The Hall–Kier alpha value is -3.67. The number of hydrogen-bond acceptors (Lipinski definition) is 4. The predicted molar refractivity (Wildman–Crippen MR) is 104 cm³/mol. The van der Waals surface area contributed by atoms with Gasteiger partial charge in [0.05, 0.1) is 4.92 Å². The first-order valence-electron chi connectivity index (χ1n) is 8.02. The van der Waals surface area contributed by atoms with Crippen LogP contribution in [0.1, 0.15) is 10.4 Å². The Morgan fingerprint density at radius 1 is 1.08 bits per heavy atom. The van der Waals surface area contributed by atoms with E-state index in [0.717, 1.165) is 10.8 Å². The van der Waals surface area contributed by atoms with Crippen molar-refractivity contribution in [2.24, 2.45) is 0 Å². The molecule has 1 amide bonds. The first-order valence-corrected chi connectivity index (χ1v) is 8.02. The van der Waals surface area contributed by atoms with E-state index in [1.807, 2.05) is 36.4 Å². The number of nitrogens with zero attached hydrogens (tertiary/aromatic N) is 1. The number of anilines is 2. The molecule has 0 radical (unpaired) electrons. The summed E-state index contributed by atoms with van der Waals surface area (Å²) in [6, 6.07) is 17.7. The highest BCUT2D eigenvalue weighted by Crippen LogP contribution is 2.26. The van der Waals surface area contributed by atoms with Crippen molar-refractivity contribution in [3.63, 3.8) is 0 Å². The molecule has 0 saturated heterocycles. The number of hydrogen-bond donors (Lipinski definition) is 2. The highest BCUT2D eigenvalue weighted by Gasteiger charge is 2.17. The van der Waals surface area contributed by atoms with Crippen LogP contribution in [-0.2, 0) is 0 Å². The molecule has 0 fully saturated rings. The third kappa shape index (κ3) is 3.70. The van der Waals surface area contributed by atoms with Gasteiger partial charge in [-0.15, -0.1) is 6.58 Å².